The van der Waals surface area contributed by atoms with Crippen LogP contribution in [0.5, 0.6) is 0 Å². The fourth-order valence-corrected chi connectivity index (χ4v) is 2.63. The van der Waals surface area contributed by atoms with E-state index in [0.717, 1.165) is 16.7 Å². The van der Waals surface area contributed by atoms with E-state index in [0.29, 0.717) is 6.54 Å². The minimum atomic E-state index is 0.166. The van der Waals surface area contributed by atoms with E-state index >= 15 is 0 Å². The molecule has 0 saturated carbocycles. The van der Waals surface area contributed by atoms with Gasteiger partial charge in [0.25, 0.3) is 0 Å². The van der Waals surface area contributed by atoms with E-state index in [4.69, 9.17) is 5.73 Å². The summed E-state index contributed by atoms with van der Waals surface area (Å²) in [4.78, 5) is 6.42. The number of hydrogen-bond donors (Lipinski definition) is 1. The average molecular weight is 323 g/mol. The van der Waals surface area contributed by atoms with E-state index in [9.17, 15) is 0 Å². The lowest BCUT2D eigenvalue weighted by Gasteiger charge is -2.27. The fourth-order valence-electron chi connectivity index (χ4n) is 2.22. The Balaban J connectivity index is 2.16. The van der Waals surface area contributed by atoms with Gasteiger partial charge in [0.2, 0.25) is 0 Å². The Morgan fingerprint density at radius 3 is 2.74 bits per heavy atom. The Hall–Kier alpha value is -1.17. The zero-order valence-corrected chi connectivity index (χ0v) is 12.8. The first kappa shape index (κ1) is 14.2. The molecule has 19 heavy (non-hydrogen) atoms. The van der Waals surface area contributed by atoms with E-state index in [-0.39, 0.29) is 6.04 Å². The van der Waals surface area contributed by atoms with Crippen molar-refractivity contribution < 1.29 is 0 Å². The van der Waals surface area contributed by atoms with Gasteiger partial charge >= 0.3 is 0 Å². The van der Waals surface area contributed by atoms with Gasteiger partial charge in [0.05, 0.1) is 18.1 Å². The second-order valence-electron chi connectivity index (χ2n) is 4.69. The second-order valence-corrected chi connectivity index (χ2v) is 5.54. The highest BCUT2D eigenvalue weighted by atomic mass is 79.9. The van der Waals surface area contributed by atoms with Crippen LogP contribution in [-0.4, -0.2) is 28.0 Å². The minimum Gasteiger partial charge on any atom is -0.336 e. The third kappa shape index (κ3) is 3.23. The molecule has 0 bridgehead atoms. The standard InChI is InChI=1S/C14H19BrN4/c1-18(9-11-5-3-4-6-12(11)15)13(7-16)14-8-17-10-19(14)2/h3-6,8,10,13H,7,9,16H2,1-2H3. The number of rotatable bonds is 5. The van der Waals surface area contributed by atoms with Gasteiger partial charge in [-0.2, -0.15) is 0 Å². The summed E-state index contributed by atoms with van der Waals surface area (Å²) in [7, 11) is 4.08. The van der Waals surface area contributed by atoms with Crippen molar-refractivity contribution in [1.29, 1.82) is 0 Å². The van der Waals surface area contributed by atoms with Crippen molar-refractivity contribution in [2.75, 3.05) is 13.6 Å². The SMILES string of the molecule is CN(Cc1ccccc1Br)C(CN)c1cncn1C. The molecule has 1 heterocycles. The van der Waals surface area contributed by atoms with Crippen LogP contribution in [0.1, 0.15) is 17.3 Å². The highest BCUT2D eigenvalue weighted by Crippen LogP contribution is 2.23. The summed E-state index contributed by atoms with van der Waals surface area (Å²) < 4.78 is 3.15. The van der Waals surface area contributed by atoms with Crippen LogP contribution in [0.2, 0.25) is 0 Å². The van der Waals surface area contributed by atoms with Gasteiger partial charge in [-0.3, -0.25) is 4.90 Å². The van der Waals surface area contributed by atoms with Gasteiger partial charge in [0, 0.05) is 30.8 Å². The van der Waals surface area contributed by atoms with Gasteiger partial charge in [-0.1, -0.05) is 34.1 Å². The molecular formula is C14H19BrN4. The van der Waals surface area contributed by atoms with Gasteiger partial charge < -0.3 is 10.3 Å². The molecule has 2 aromatic rings. The molecule has 0 aliphatic rings. The molecule has 2 N–H and O–H groups in total. The Bertz CT molecular complexity index is 538. The molecule has 5 heteroatoms. The van der Waals surface area contributed by atoms with Crippen molar-refractivity contribution in [2.24, 2.45) is 12.8 Å². The maximum atomic E-state index is 5.93. The molecule has 102 valence electrons. The number of aryl methyl sites for hydroxylation is 1. The molecule has 1 aromatic carbocycles. The first-order valence-electron chi connectivity index (χ1n) is 6.23. The predicted molar refractivity (Wildman–Crippen MR) is 80.6 cm³/mol. The zero-order chi connectivity index (χ0) is 13.8. The summed E-state index contributed by atoms with van der Waals surface area (Å²) in [5, 5.41) is 0. The maximum Gasteiger partial charge on any atom is 0.0946 e. The van der Waals surface area contributed by atoms with Gasteiger partial charge in [-0.05, 0) is 18.7 Å². The van der Waals surface area contributed by atoms with Crippen LogP contribution in [0, 0.1) is 0 Å². The lowest BCUT2D eigenvalue weighted by atomic mass is 10.1. The van der Waals surface area contributed by atoms with Gasteiger partial charge in [0.1, 0.15) is 0 Å². The topological polar surface area (TPSA) is 47.1 Å². The summed E-state index contributed by atoms with van der Waals surface area (Å²) in [5.41, 5.74) is 8.32. The van der Waals surface area contributed by atoms with Crippen LogP contribution in [-0.2, 0) is 13.6 Å². The summed E-state index contributed by atoms with van der Waals surface area (Å²) in [6, 6.07) is 8.42. The van der Waals surface area contributed by atoms with Crippen LogP contribution < -0.4 is 5.73 Å². The highest BCUT2D eigenvalue weighted by Gasteiger charge is 2.19. The first-order chi connectivity index (χ1) is 9.13. The van der Waals surface area contributed by atoms with E-state index in [1.807, 2.05) is 30.2 Å². The first-order valence-corrected chi connectivity index (χ1v) is 7.02. The quantitative estimate of drug-likeness (QED) is 0.918. The largest absolute Gasteiger partial charge is 0.336 e. The third-order valence-corrected chi connectivity index (χ3v) is 4.10. The molecule has 0 spiro atoms. The molecule has 1 aromatic heterocycles. The van der Waals surface area contributed by atoms with E-state index in [1.165, 1.54) is 5.56 Å². The Kier molecular flexibility index (Phi) is 4.74. The molecule has 1 unspecified atom stereocenters. The second kappa shape index (κ2) is 6.32. The number of imidazole rings is 1. The maximum absolute atomic E-state index is 5.93. The van der Waals surface area contributed by atoms with Gasteiger partial charge in [0.15, 0.2) is 0 Å². The predicted octanol–water partition coefficient (Wildman–Crippen LogP) is 2.31. The normalized spacial score (nSPS) is 12.9. The molecule has 0 aliphatic heterocycles. The van der Waals surface area contributed by atoms with Crippen molar-refractivity contribution in [1.82, 2.24) is 14.5 Å². The lowest BCUT2D eigenvalue weighted by Crippen LogP contribution is -2.31. The summed E-state index contributed by atoms with van der Waals surface area (Å²) in [6.07, 6.45) is 3.69. The van der Waals surface area contributed by atoms with Crippen LogP contribution in [0.25, 0.3) is 0 Å². The van der Waals surface area contributed by atoms with Crippen LogP contribution in [0.15, 0.2) is 41.3 Å². The molecule has 0 saturated heterocycles. The van der Waals surface area contributed by atoms with E-state index < -0.39 is 0 Å². The van der Waals surface area contributed by atoms with Crippen LogP contribution >= 0.6 is 15.9 Å². The fraction of sp³-hybridized carbons (Fsp3) is 0.357. The van der Waals surface area contributed by atoms with E-state index in [1.54, 1.807) is 0 Å². The number of hydrogen-bond acceptors (Lipinski definition) is 3. The monoisotopic (exact) mass is 322 g/mol. The number of halogens is 1. The number of benzene rings is 1. The molecule has 1 atom stereocenters. The van der Waals surface area contributed by atoms with E-state index in [2.05, 4.69) is 51.1 Å². The van der Waals surface area contributed by atoms with Crippen molar-refractivity contribution in [2.45, 2.75) is 12.6 Å². The molecule has 0 fully saturated rings. The number of nitrogens with zero attached hydrogens (tertiary/aromatic N) is 3. The molecule has 2 rings (SSSR count). The highest BCUT2D eigenvalue weighted by molar-refractivity contribution is 9.10. The van der Waals surface area contributed by atoms with Gasteiger partial charge in [-0.25, -0.2) is 4.98 Å². The average Bonchev–Trinajstić information content (AvgIpc) is 2.80. The molecule has 0 aliphatic carbocycles. The Labute approximate surface area is 122 Å². The van der Waals surface area contributed by atoms with Crippen LogP contribution in [0.3, 0.4) is 0 Å². The summed E-state index contributed by atoms with van der Waals surface area (Å²) >= 11 is 3.58. The lowest BCUT2D eigenvalue weighted by molar-refractivity contribution is 0.233. The zero-order valence-electron chi connectivity index (χ0n) is 11.3. The molecular weight excluding hydrogens is 304 g/mol. The third-order valence-electron chi connectivity index (χ3n) is 3.33. The van der Waals surface area contributed by atoms with Crippen molar-refractivity contribution in [3.8, 4) is 0 Å². The van der Waals surface area contributed by atoms with Crippen molar-refractivity contribution in [3.05, 3.63) is 52.5 Å². The molecule has 4 nitrogen and oxygen atoms in total. The van der Waals surface area contributed by atoms with Crippen LogP contribution in [0.4, 0.5) is 0 Å². The smallest absolute Gasteiger partial charge is 0.0946 e. The number of aromatic nitrogens is 2. The summed E-state index contributed by atoms with van der Waals surface area (Å²) in [5.74, 6) is 0. The molecule has 0 radical (unpaired) electrons. The Morgan fingerprint density at radius 1 is 1.42 bits per heavy atom. The number of nitrogens with two attached hydrogens (primary N) is 1. The summed E-state index contributed by atoms with van der Waals surface area (Å²) in [6.45, 7) is 1.41. The van der Waals surface area contributed by atoms with Gasteiger partial charge in [-0.15, -0.1) is 0 Å². The minimum absolute atomic E-state index is 0.166. The number of likely N-dealkylation sites (N-methyl/N-ethyl adjacent to an activating group) is 1. The molecule has 0 amide bonds. The van der Waals surface area contributed by atoms with Crippen molar-refractivity contribution >= 4 is 15.9 Å². The Morgan fingerprint density at radius 2 is 2.16 bits per heavy atom. The van der Waals surface area contributed by atoms with Crippen molar-refractivity contribution in [3.63, 3.8) is 0 Å².